The third-order valence-electron chi connectivity index (χ3n) is 4.75. The van der Waals surface area contributed by atoms with Crippen LogP contribution in [0.5, 0.6) is 0 Å². The van der Waals surface area contributed by atoms with E-state index in [2.05, 4.69) is 82.3 Å². The van der Waals surface area contributed by atoms with Crippen LogP contribution in [-0.2, 0) is 0 Å². The van der Waals surface area contributed by atoms with Gasteiger partial charge in [-0.05, 0) is 73.2 Å². The molecule has 3 aromatic carbocycles. The minimum absolute atomic E-state index is 1.03. The van der Waals surface area contributed by atoms with Gasteiger partial charge in [0, 0.05) is 11.1 Å². The highest BCUT2D eigenvalue weighted by atomic mass is 14.8. The van der Waals surface area contributed by atoms with Crippen molar-refractivity contribution in [2.45, 2.75) is 27.7 Å². The highest BCUT2D eigenvalue weighted by Crippen LogP contribution is 2.41. The number of aliphatic imine (C=N–C) groups is 1. The topological polar surface area (TPSA) is 12.4 Å². The number of aryl methyl sites for hydroxylation is 4. The first kappa shape index (κ1) is 14.9. The van der Waals surface area contributed by atoms with Gasteiger partial charge in [0.15, 0.2) is 0 Å². The Morgan fingerprint density at radius 1 is 0.625 bits per heavy atom. The molecule has 0 saturated carbocycles. The summed E-state index contributed by atoms with van der Waals surface area (Å²) in [6.07, 6.45) is 0. The van der Waals surface area contributed by atoms with Crippen LogP contribution >= 0.6 is 0 Å². The first-order chi connectivity index (χ1) is 11.5. The molecule has 0 aromatic heterocycles. The smallest absolute Gasteiger partial charge is 0.0794 e. The number of hydrogen-bond acceptors (Lipinski definition) is 1. The molecule has 0 bridgehead atoms. The van der Waals surface area contributed by atoms with Crippen LogP contribution in [0.4, 0.5) is 5.69 Å². The van der Waals surface area contributed by atoms with Gasteiger partial charge in [-0.25, -0.2) is 4.99 Å². The zero-order valence-corrected chi connectivity index (χ0v) is 14.6. The summed E-state index contributed by atoms with van der Waals surface area (Å²) in [5.41, 5.74) is 12.4. The number of hydrogen-bond donors (Lipinski definition) is 0. The van der Waals surface area contributed by atoms with Crippen LogP contribution in [0.25, 0.3) is 11.1 Å². The maximum absolute atomic E-state index is 5.06. The van der Waals surface area contributed by atoms with Crippen molar-refractivity contribution in [3.05, 3.63) is 88.0 Å². The van der Waals surface area contributed by atoms with Gasteiger partial charge in [0.1, 0.15) is 0 Å². The molecule has 1 heteroatoms. The highest BCUT2D eigenvalue weighted by molar-refractivity contribution is 6.26. The molecule has 0 fully saturated rings. The molecular weight excluding hydrogens is 290 g/mol. The van der Waals surface area contributed by atoms with Crippen molar-refractivity contribution in [3.63, 3.8) is 0 Å². The normalized spacial score (nSPS) is 12.1. The van der Waals surface area contributed by atoms with Crippen LogP contribution in [0.15, 0.2) is 59.6 Å². The second kappa shape index (κ2) is 5.45. The molecule has 0 amide bonds. The molecule has 1 aliphatic rings. The lowest BCUT2D eigenvalue weighted by atomic mass is 9.97. The molecule has 1 nitrogen and oxygen atoms in total. The van der Waals surface area contributed by atoms with E-state index < -0.39 is 0 Å². The summed E-state index contributed by atoms with van der Waals surface area (Å²) in [5, 5.41) is 0. The molecule has 0 saturated heterocycles. The van der Waals surface area contributed by atoms with Crippen molar-refractivity contribution >= 4 is 11.4 Å². The molecule has 0 N–H and O–H groups in total. The fourth-order valence-corrected chi connectivity index (χ4v) is 3.80. The summed E-state index contributed by atoms with van der Waals surface area (Å²) in [6.45, 7) is 8.63. The molecular formula is C23H21N. The average molecular weight is 311 g/mol. The van der Waals surface area contributed by atoms with Crippen LogP contribution in [0, 0.1) is 27.7 Å². The minimum atomic E-state index is 1.03. The molecule has 3 aromatic rings. The van der Waals surface area contributed by atoms with Crippen LogP contribution in [0.1, 0.15) is 33.4 Å². The molecule has 0 radical (unpaired) electrons. The Labute approximate surface area is 143 Å². The SMILES string of the molecule is Cc1cc(C)cc(N=C2c3cccc(C)c3-c3c(C)cccc32)c1. The predicted molar refractivity (Wildman–Crippen MR) is 103 cm³/mol. The first-order valence-corrected chi connectivity index (χ1v) is 8.42. The lowest BCUT2D eigenvalue weighted by Crippen LogP contribution is -1.98. The van der Waals surface area contributed by atoms with Gasteiger partial charge in [0.2, 0.25) is 0 Å². The van der Waals surface area contributed by atoms with Crippen molar-refractivity contribution in [2.75, 3.05) is 0 Å². The fourth-order valence-electron chi connectivity index (χ4n) is 3.80. The second-order valence-electron chi connectivity index (χ2n) is 6.80. The lowest BCUT2D eigenvalue weighted by molar-refractivity contribution is 1.35. The summed E-state index contributed by atoms with van der Waals surface area (Å²) in [7, 11) is 0. The maximum atomic E-state index is 5.06. The van der Waals surface area contributed by atoms with Crippen LogP contribution in [-0.4, -0.2) is 5.71 Å². The largest absolute Gasteiger partial charge is 0.248 e. The Balaban J connectivity index is 2.03. The molecule has 0 aliphatic heterocycles. The molecule has 0 unspecified atom stereocenters. The summed E-state index contributed by atoms with van der Waals surface area (Å²) in [4.78, 5) is 5.06. The number of fused-ring (bicyclic) bond motifs is 3. The molecule has 24 heavy (non-hydrogen) atoms. The van der Waals surface area contributed by atoms with Crippen LogP contribution < -0.4 is 0 Å². The number of benzene rings is 3. The zero-order chi connectivity index (χ0) is 16.8. The number of rotatable bonds is 1. The van der Waals surface area contributed by atoms with Crippen molar-refractivity contribution in [2.24, 2.45) is 4.99 Å². The Morgan fingerprint density at radius 2 is 1.12 bits per heavy atom. The van der Waals surface area contributed by atoms with E-state index in [9.17, 15) is 0 Å². The van der Waals surface area contributed by atoms with E-state index in [1.54, 1.807) is 0 Å². The van der Waals surface area contributed by atoms with Gasteiger partial charge in [0.05, 0.1) is 11.4 Å². The van der Waals surface area contributed by atoms with E-state index >= 15 is 0 Å². The molecule has 118 valence electrons. The van der Waals surface area contributed by atoms with Gasteiger partial charge in [-0.15, -0.1) is 0 Å². The summed E-state index contributed by atoms with van der Waals surface area (Å²) >= 11 is 0. The minimum Gasteiger partial charge on any atom is -0.248 e. The first-order valence-electron chi connectivity index (χ1n) is 8.42. The van der Waals surface area contributed by atoms with E-state index in [0.29, 0.717) is 0 Å². The standard InChI is InChI=1S/C23H21N/c1-14-11-15(2)13-18(12-14)24-23-19-9-5-7-16(3)21(19)22-17(4)8-6-10-20(22)23/h5-13H,1-4H3. The molecule has 0 heterocycles. The van der Waals surface area contributed by atoms with E-state index in [-0.39, 0.29) is 0 Å². The average Bonchev–Trinajstić information content (AvgIpc) is 2.83. The van der Waals surface area contributed by atoms with E-state index in [0.717, 1.165) is 11.4 Å². The summed E-state index contributed by atoms with van der Waals surface area (Å²) in [5.74, 6) is 0. The monoisotopic (exact) mass is 311 g/mol. The van der Waals surface area contributed by atoms with Gasteiger partial charge in [-0.3, -0.25) is 0 Å². The number of nitrogens with zero attached hydrogens (tertiary/aromatic N) is 1. The molecule has 1 aliphatic carbocycles. The Morgan fingerprint density at radius 3 is 1.62 bits per heavy atom. The quantitative estimate of drug-likeness (QED) is 0.404. The Bertz CT molecular complexity index is 919. The molecule has 0 spiro atoms. The van der Waals surface area contributed by atoms with E-state index in [1.807, 2.05) is 0 Å². The van der Waals surface area contributed by atoms with Crippen molar-refractivity contribution < 1.29 is 0 Å². The lowest BCUT2D eigenvalue weighted by Gasteiger charge is -2.06. The molecule has 0 atom stereocenters. The van der Waals surface area contributed by atoms with E-state index in [4.69, 9.17) is 4.99 Å². The maximum Gasteiger partial charge on any atom is 0.0794 e. The third kappa shape index (κ3) is 2.28. The van der Waals surface area contributed by atoms with Gasteiger partial charge >= 0.3 is 0 Å². The second-order valence-corrected chi connectivity index (χ2v) is 6.80. The summed E-state index contributed by atoms with van der Waals surface area (Å²) < 4.78 is 0. The van der Waals surface area contributed by atoms with Crippen molar-refractivity contribution in [3.8, 4) is 11.1 Å². The van der Waals surface area contributed by atoms with Gasteiger partial charge < -0.3 is 0 Å². The van der Waals surface area contributed by atoms with E-state index in [1.165, 1.54) is 44.5 Å². The van der Waals surface area contributed by atoms with Gasteiger partial charge in [0.25, 0.3) is 0 Å². The van der Waals surface area contributed by atoms with Gasteiger partial charge in [-0.1, -0.05) is 42.5 Å². The Hall–Kier alpha value is -2.67. The predicted octanol–water partition coefficient (Wildman–Crippen LogP) is 6.07. The van der Waals surface area contributed by atoms with Gasteiger partial charge in [-0.2, -0.15) is 0 Å². The summed E-state index contributed by atoms with van der Waals surface area (Å²) in [6, 6.07) is 19.5. The molecule has 4 rings (SSSR count). The third-order valence-corrected chi connectivity index (χ3v) is 4.75. The van der Waals surface area contributed by atoms with Crippen molar-refractivity contribution in [1.29, 1.82) is 0 Å². The van der Waals surface area contributed by atoms with Crippen molar-refractivity contribution in [1.82, 2.24) is 0 Å². The van der Waals surface area contributed by atoms with Crippen LogP contribution in [0.3, 0.4) is 0 Å². The fraction of sp³-hybridized carbons (Fsp3) is 0.174. The Kier molecular flexibility index (Phi) is 3.38. The highest BCUT2D eigenvalue weighted by Gasteiger charge is 2.27. The zero-order valence-electron chi connectivity index (χ0n) is 14.6. The van der Waals surface area contributed by atoms with Crippen LogP contribution in [0.2, 0.25) is 0 Å².